The first-order valence-electron chi connectivity index (χ1n) is 11.0. The van der Waals surface area contributed by atoms with Crippen molar-refractivity contribution in [2.45, 2.75) is 100 Å². The molecule has 0 saturated carbocycles. The van der Waals surface area contributed by atoms with Gasteiger partial charge in [0.2, 0.25) is 0 Å². The maximum Gasteiger partial charge on any atom is 0.159 e. The highest BCUT2D eigenvalue weighted by Crippen LogP contribution is 2.35. The predicted octanol–water partition coefficient (Wildman–Crippen LogP) is 5.95. The second-order valence-corrected chi connectivity index (χ2v) is 34.5. The molecule has 3 rings (SSSR count). The van der Waals surface area contributed by atoms with Crippen molar-refractivity contribution in [3.63, 3.8) is 0 Å². The Labute approximate surface area is 196 Å². The van der Waals surface area contributed by atoms with Gasteiger partial charge in [0.1, 0.15) is 16.1 Å². The molecule has 0 radical (unpaired) electrons. The van der Waals surface area contributed by atoms with Crippen LogP contribution in [0, 0.1) is 0 Å². The molecule has 0 fully saturated rings. The van der Waals surface area contributed by atoms with Gasteiger partial charge in [-0.05, 0) is 21.5 Å². The minimum atomic E-state index is -1.57. The van der Waals surface area contributed by atoms with Crippen LogP contribution in [-0.4, -0.2) is 32.3 Å². The van der Waals surface area contributed by atoms with E-state index in [0.29, 0.717) is 0 Å². The third kappa shape index (κ3) is 4.73. The molecule has 0 amide bonds. The summed E-state index contributed by atoms with van der Waals surface area (Å²) in [6.07, 6.45) is 0. The molecule has 0 unspecified atom stereocenters. The number of thioether (sulfide) groups is 2. The SMILES string of the molecule is C[Si](C)(C)c1oc2c([Si](C)(C)C)c1CSc1oc([Si](C)(C)C)c(c1[Si](C)(C)C)CS2. The number of hydrogen-bond donors (Lipinski definition) is 0. The summed E-state index contributed by atoms with van der Waals surface area (Å²) in [5, 5.41) is 8.22. The van der Waals surface area contributed by atoms with Crippen LogP contribution in [0.3, 0.4) is 0 Å². The first-order chi connectivity index (χ1) is 13.4. The van der Waals surface area contributed by atoms with Crippen molar-refractivity contribution in [3.8, 4) is 0 Å². The molecular formula is C22H40O2S2Si4. The van der Waals surface area contributed by atoms with Crippen LogP contribution in [0.1, 0.15) is 11.1 Å². The van der Waals surface area contributed by atoms with Gasteiger partial charge in [-0.3, -0.25) is 0 Å². The highest BCUT2D eigenvalue weighted by atomic mass is 32.2. The van der Waals surface area contributed by atoms with Crippen molar-refractivity contribution in [2.24, 2.45) is 0 Å². The molecule has 0 N–H and O–H groups in total. The van der Waals surface area contributed by atoms with E-state index in [9.17, 15) is 0 Å². The molecular weight excluding hydrogens is 473 g/mol. The summed E-state index contributed by atoms with van der Waals surface area (Å²) >= 11 is 3.90. The van der Waals surface area contributed by atoms with E-state index in [1.807, 2.05) is 23.5 Å². The zero-order valence-electron chi connectivity index (χ0n) is 21.0. The summed E-state index contributed by atoms with van der Waals surface area (Å²) in [5.41, 5.74) is 3.02. The molecule has 3 heterocycles. The Bertz CT molecular complexity index is 870. The fraction of sp³-hybridized carbons (Fsp3) is 0.636. The van der Waals surface area contributed by atoms with Gasteiger partial charge < -0.3 is 8.83 Å². The molecule has 1 aliphatic rings. The lowest BCUT2D eigenvalue weighted by atomic mass is 10.4. The maximum absolute atomic E-state index is 6.76. The lowest BCUT2D eigenvalue weighted by molar-refractivity contribution is 0.501. The van der Waals surface area contributed by atoms with Crippen molar-refractivity contribution in [1.82, 2.24) is 0 Å². The van der Waals surface area contributed by atoms with Gasteiger partial charge >= 0.3 is 0 Å². The summed E-state index contributed by atoms with van der Waals surface area (Å²) in [6, 6.07) is 0. The molecule has 168 valence electrons. The molecule has 0 aliphatic carbocycles. The Kier molecular flexibility index (Phi) is 6.49. The Balaban J connectivity index is 2.26. The molecule has 0 spiro atoms. The Hall–Kier alpha value is 0.128. The number of hydrogen-bond acceptors (Lipinski definition) is 4. The van der Waals surface area contributed by atoms with Gasteiger partial charge in [0, 0.05) is 11.5 Å². The third-order valence-corrected chi connectivity index (χ3v) is 15.4. The lowest BCUT2D eigenvalue weighted by Crippen LogP contribution is -2.46. The van der Waals surface area contributed by atoms with Crippen LogP contribution in [0.5, 0.6) is 0 Å². The molecule has 0 saturated heterocycles. The van der Waals surface area contributed by atoms with Crippen LogP contribution < -0.4 is 21.1 Å². The minimum Gasteiger partial charge on any atom is -0.460 e. The smallest absolute Gasteiger partial charge is 0.159 e. The van der Waals surface area contributed by atoms with E-state index in [1.165, 1.54) is 32.1 Å². The fourth-order valence-corrected chi connectivity index (χ4v) is 16.1. The molecule has 4 bridgehead atoms. The van der Waals surface area contributed by atoms with E-state index >= 15 is 0 Å². The molecule has 2 aromatic heterocycles. The summed E-state index contributed by atoms with van der Waals surface area (Å²) in [7, 11) is -6.21. The first-order valence-corrected chi connectivity index (χ1v) is 27.0. The second-order valence-electron chi connectivity index (χ2n) is 12.7. The molecule has 2 nitrogen and oxygen atoms in total. The second kappa shape index (κ2) is 7.87. The number of furan rings is 2. The van der Waals surface area contributed by atoms with E-state index in [0.717, 1.165) is 11.5 Å². The normalized spacial score (nSPS) is 16.1. The quantitative estimate of drug-likeness (QED) is 0.473. The van der Waals surface area contributed by atoms with Crippen LogP contribution in [0.25, 0.3) is 0 Å². The van der Waals surface area contributed by atoms with Gasteiger partial charge in [-0.2, -0.15) is 0 Å². The van der Waals surface area contributed by atoms with Gasteiger partial charge in [-0.25, -0.2) is 0 Å². The van der Waals surface area contributed by atoms with Crippen LogP contribution >= 0.6 is 23.5 Å². The Morgan fingerprint density at radius 1 is 0.500 bits per heavy atom. The topological polar surface area (TPSA) is 26.3 Å². The lowest BCUT2D eigenvalue weighted by Gasteiger charge is -2.23. The monoisotopic (exact) mass is 512 g/mol. The van der Waals surface area contributed by atoms with Gasteiger partial charge in [-0.15, -0.1) is 0 Å². The Morgan fingerprint density at radius 3 is 1.03 bits per heavy atom. The third-order valence-electron chi connectivity index (χ3n) is 5.51. The number of fused-ring (bicyclic) bond motifs is 4. The van der Waals surface area contributed by atoms with Gasteiger partial charge in [0.15, 0.2) is 10.2 Å². The average molecular weight is 513 g/mol. The van der Waals surface area contributed by atoms with E-state index in [-0.39, 0.29) is 0 Å². The van der Waals surface area contributed by atoms with Crippen LogP contribution in [0.15, 0.2) is 19.0 Å². The summed E-state index contributed by atoms with van der Waals surface area (Å²) < 4.78 is 13.5. The average Bonchev–Trinajstić information content (AvgIpc) is 3.05. The van der Waals surface area contributed by atoms with Crippen molar-refractivity contribution >= 4 is 77.0 Å². The van der Waals surface area contributed by atoms with E-state index in [2.05, 4.69) is 78.6 Å². The van der Waals surface area contributed by atoms with Crippen molar-refractivity contribution in [1.29, 1.82) is 0 Å². The molecule has 30 heavy (non-hydrogen) atoms. The van der Waals surface area contributed by atoms with Gasteiger partial charge in [0.05, 0.1) is 26.9 Å². The maximum atomic E-state index is 6.76. The summed E-state index contributed by atoms with van der Waals surface area (Å²) in [6.45, 7) is 29.4. The van der Waals surface area contributed by atoms with Crippen molar-refractivity contribution < 1.29 is 8.83 Å². The molecule has 2 aromatic rings. The fourth-order valence-electron chi connectivity index (χ4n) is 4.37. The largest absolute Gasteiger partial charge is 0.460 e. The van der Waals surface area contributed by atoms with Crippen molar-refractivity contribution in [3.05, 3.63) is 11.1 Å². The van der Waals surface area contributed by atoms with Crippen molar-refractivity contribution in [2.75, 3.05) is 0 Å². The van der Waals surface area contributed by atoms with E-state index in [4.69, 9.17) is 8.83 Å². The highest BCUT2D eigenvalue weighted by molar-refractivity contribution is 7.99. The zero-order valence-corrected chi connectivity index (χ0v) is 26.7. The summed E-state index contributed by atoms with van der Waals surface area (Å²) in [5.74, 6) is 1.97. The minimum absolute atomic E-state index is 0.985. The number of rotatable bonds is 4. The molecule has 0 atom stereocenters. The Morgan fingerprint density at radius 2 is 0.800 bits per heavy atom. The molecule has 8 heteroatoms. The van der Waals surface area contributed by atoms with Crippen LogP contribution in [0.4, 0.5) is 0 Å². The van der Waals surface area contributed by atoms with Gasteiger partial charge in [-0.1, -0.05) is 102 Å². The zero-order chi connectivity index (χ0) is 22.9. The molecule has 1 aliphatic heterocycles. The predicted molar refractivity (Wildman–Crippen MR) is 148 cm³/mol. The van der Waals surface area contributed by atoms with Crippen LogP contribution in [-0.2, 0) is 11.5 Å². The molecule has 0 aromatic carbocycles. The van der Waals surface area contributed by atoms with Crippen LogP contribution in [0.2, 0.25) is 78.6 Å². The highest BCUT2D eigenvalue weighted by Gasteiger charge is 2.39. The van der Waals surface area contributed by atoms with Gasteiger partial charge in [0.25, 0.3) is 0 Å². The first kappa shape index (κ1) is 24.8. The van der Waals surface area contributed by atoms with E-state index < -0.39 is 32.3 Å². The summed E-state index contributed by atoms with van der Waals surface area (Å²) in [4.78, 5) is 0. The standard InChI is InChI=1S/C22H40O2S2Si4/c1-27(2,3)17-15-13-26-20-18(28(4,5)6)16(22(24-20)30(10,11)12)14-25-19(17)23-21(15)29(7,8)9/h13-14H2,1-12H3. The van der Waals surface area contributed by atoms with E-state index in [1.54, 1.807) is 10.4 Å².